The van der Waals surface area contributed by atoms with E-state index in [1.165, 1.54) is 0 Å². The summed E-state index contributed by atoms with van der Waals surface area (Å²) in [5, 5.41) is 5.64. The van der Waals surface area contributed by atoms with Gasteiger partial charge in [-0.3, -0.25) is 14.5 Å². The van der Waals surface area contributed by atoms with Crippen LogP contribution in [0.25, 0.3) is 0 Å². The first-order valence-electron chi connectivity index (χ1n) is 9.37. The van der Waals surface area contributed by atoms with Crippen molar-refractivity contribution >= 4 is 17.8 Å². The molecule has 1 atom stereocenters. The second-order valence-electron chi connectivity index (χ2n) is 9.34. The van der Waals surface area contributed by atoms with E-state index in [2.05, 4.69) is 31.4 Å². The summed E-state index contributed by atoms with van der Waals surface area (Å²) in [6, 6.07) is 6.33. The second-order valence-corrected chi connectivity index (χ2v) is 9.34. The lowest BCUT2D eigenvalue weighted by molar-refractivity contribution is -0.135. The number of imide groups is 1. The first-order valence-corrected chi connectivity index (χ1v) is 9.37. The van der Waals surface area contributed by atoms with Crippen molar-refractivity contribution in [1.29, 1.82) is 0 Å². The van der Waals surface area contributed by atoms with E-state index < -0.39 is 23.0 Å². The van der Waals surface area contributed by atoms with Crippen LogP contribution in [0.2, 0.25) is 0 Å². The second kappa shape index (κ2) is 7.45. The zero-order chi connectivity index (χ0) is 21.3. The van der Waals surface area contributed by atoms with Crippen molar-refractivity contribution in [3.8, 4) is 5.75 Å². The Morgan fingerprint density at radius 1 is 1.14 bits per heavy atom. The van der Waals surface area contributed by atoms with Crippen LogP contribution in [0.5, 0.6) is 5.75 Å². The lowest BCUT2D eigenvalue weighted by Crippen LogP contribution is -2.50. The molecule has 1 aromatic rings. The van der Waals surface area contributed by atoms with Gasteiger partial charge in [0.1, 0.15) is 17.8 Å². The molecule has 2 rings (SSSR count). The summed E-state index contributed by atoms with van der Waals surface area (Å²) in [5.74, 6) is -0.162. The minimum absolute atomic E-state index is 0.0323. The van der Waals surface area contributed by atoms with E-state index in [-0.39, 0.29) is 17.9 Å². The number of rotatable bonds is 6. The Balaban J connectivity index is 2.11. The standard InChI is InChI=1S/C21H31N3O4/c1-19(2,3)13-20(4,5)22-16(25)12-24-17(26)21(6,23-18(24)27)14-8-10-15(28-7)11-9-14/h8-11H,12-13H2,1-7H3,(H,22,25)(H,23,27)/t21-/m0/s1. The fraction of sp³-hybridized carbons (Fsp3) is 0.571. The average molecular weight is 389 g/mol. The number of hydrogen-bond donors (Lipinski definition) is 2. The van der Waals surface area contributed by atoms with Crippen molar-refractivity contribution in [1.82, 2.24) is 15.5 Å². The van der Waals surface area contributed by atoms with Crippen molar-refractivity contribution in [3.63, 3.8) is 0 Å². The molecule has 7 heteroatoms. The van der Waals surface area contributed by atoms with E-state index in [1.807, 2.05) is 13.8 Å². The van der Waals surface area contributed by atoms with Gasteiger partial charge in [-0.25, -0.2) is 4.79 Å². The molecule has 1 aliphatic heterocycles. The molecule has 0 aliphatic carbocycles. The van der Waals surface area contributed by atoms with E-state index in [4.69, 9.17) is 4.74 Å². The predicted molar refractivity (Wildman–Crippen MR) is 107 cm³/mol. The Kier molecular flexibility index (Phi) is 5.78. The fourth-order valence-electron chi connectivity index (χ4n) is 3.89. The third kappa shape index (κ3) is 4.82. The molecule has 28 heavy (non-hydrogen) atoms. The summed E-state index contributed by atoms with van der Waals surface area (Å²) in [6.07, 6.45) is 0.759. The number of carbonyl (C=O) groups is 3. The molecule has 0 bridgehead atoms. The van der Waals surface area contributed by atoms with Gasteiger partial charge >= 0.3 is 6.03 Å². The summed E-state index contributed by atoms with van der Waals surface area (Å²) >= 11 is 0. The molecule has 0 aromatic heterocycles. The number of amides is 4. The van der Waals surface area contributed by atoms with Crippen LogP contribution in [-0.4, -0.2) is 41.9 Å². The van der Waals surface area contributed by atoms with Crippen molar-refractivity contribution in [2.24, 2.45) is 5.41 Å². The molecule has 1 aromatic carbocycles. The van der Waals surface area contributed by atoms with Crippen LogP contribution >= 0.6 is 0 Å². The molecule has 2 N–H and O–H groups in total. The number of nitrogens with one attached hydrogen (secondary N) is 2. The first kappa shape index (κ1) is 21.7. The molecule has 1 saturated heterocycles. The number of benzene rings is 1. The SMILES string of the molecule is COc1ccc([C@]2(C)NC(=O)N(CC(=O)NC(C)(C)CC(C)(C)C)C2=O)cc1. The van der Waals surface area contributed by atoms with E-state index >= 15 is 0 Å². The van der Waals surface area contributed by atoms with Gasteiger partial charge in [-0.15, -0.1) is 0 Å². The van der Waals surface area contributed by atoms with E-state index in [1.54, 1.807) is 38.3 Å². The molecule has 0 unspecified atom stereocenters. The molecular weight excluding hydrogens is 358 g/mol. The Labute approximate surface area is 166 Å². The average Bonchev–Trinajstić information content (AvgIpc) is 2.76. The van der Waals surface area contributed by atoms with Gasteiger partial charge in [0.05, 0.1) is 7.11 Å². The smallest absolute Gasteiger partial charge is 0.325 e. The van der Waals surface area contributed by atoms with Gasteiger partial charge < -0.3 is 15.4 Å². The van der Waals surface area contributed by atoms with Crippen LogP contribution in [-0.2, 0) is 15.1 Å². The first-order chi connectivity index (χ1) is 12.8. The van der Waals surface area contributed by atoms with Gasteiger partial charge in [0.2, 0.25) is 5.91 Å². The fourth-order valence-corrected chi connectivity index (χ4v) is 3.89. The summed E-state index contributed by atoms with van der Waals surface area (Å²) in [7, 11) is 1.56. The molecular formula is C21H31N3O4. The lowest BCUT2D eigenvalue weighted by Gasteiger charge is -2.33. The van der Waals surface area contributed by atoms with Gasteiger partial charge in [0.25, 0.3) is 5.91 Å². The largest absolute Gasteiger partial charge is 0.497 e. The zero-order valence-electron chi connectivity index (χ0n) is 17.8. The maximum Gasteiger partial charge on any atom is 0.325 e. The molecule has 154 valence electrons. The molecule has 7 nitrogen and oxygen atoms in total. The highest BCUT2D eigenvalue weighted by molar-refractivity contribution is 6.09. The molecule has 0 radical (unpaired) electrons. The third-order valence-corrected chi connectivity index (χ3v) is 4.69. The van der Waals surface area contributed by atoms with Gasteiger partial charge in [0.15, 0.2) is 0 Å². The van der Waals surface area contributed by atoms with Gasteiger partial charge in [-0.1, -0.05) is 32.9 Å². The van der Waals surface area contributed by atoms with Crippen molar-refractivity contribution in [2.75, 3.05) is 13.7 Å². The quantitative estimate of drug-likeness (QED) is 0.733. The number of urea groups is 1. The normalized spacial score (nSPS) is 20.2. The third-order valence-electron chi connectivity index (χ3n) is 4.69. The van der Waals surface area contributed by atoms with E-state index in [0.29, 0.717) is 11.3 Å². The number of ether oxygens (including phenoxy) is 1. The Hall–Kier alpha value is -2.57. The monoisotopic (exact) mass is 389 g/mol. The number of nitrogens with zero attached hydrogens (tertiary/aromatic N) is 1. The molecule has 0 spiro atoms. The topological polar surface area (TPSA) is 87.7 Å². The van der Waals surface area contributed by atoms with Crippen molar-refractivity contribution < 1.29 is 19.1 Å². The molecule has 0 saturated carbocycles. The van der Waals surface area contributed by atoms with Gasteiger partial charge in [-0.05, 0) is 50.3 Å². The summed E-state index contributed by atoms with van der Waals surface area (Å²) in [5.41, 5.74) is -1.01. The lowest BCUT2D eigenvalue weighted by atomic mass is 9.82. The Morgan fingerprint density at radius 3 is 2.21 bits per heavy atom. The number of methoxy groups -OCH3 is 1. The molecule has 4 amide bonds. The maximum atomic E-state index is 13.0. The van der Waals surface area contributed by atoms with Crippen LogP contribution in [0, 0.1) is 5.41 Å². The molecule has 1 heterocycles. The highest BCUT2D eigenvalue weighted by atomic mass is 16.5. The highest BCUT2D eigenvalue weighted by Crippen LogP contribution is 2.30. The molecule has 1 aliphatic rings. The van der Waals surface area contributed by atoms with Crippen LogP contribution in [0.4, 0.5) is 4.79 Å². The van der Waals surface area contributed by atoms with Crippen LogP contribution in [0.3, 0.4) is 0 Å². The summed E-state index contributed by atoms with van der Waals surface area (Å²) in [4.78, 5) is 38.9. The van der Waals surface area contributed by atoms with Crippen molar-refractivity contribution in [3.05, 3.63) is 29.8 Å². The van der Waals surface area contributed by atoms with Crippen LogP contribution < -0.4 is 15.4 Å². The Bertz CT molecular complexity index is 765. The number of hydrogen-bond acceptors (Lipinski definition) is 4. The van der Waals surface area contributed by atoms with Gasteiger partial charge in [-0.2, -0.15) is 0 Å². The zero-order valence-corrected chi connectivity index (χ0v) is 17.8. The Morgan fingerprint density at radius 2 is 1.71 bits per heavy atom. The van der Waals surface area contributed by atoms with E-state index in [9.17, 15) is 14.4 Å². The molecule has 1 fully saturated rings. The predicted octanol–water partition coefficient (Wildman–Crippen LogP) is 2.79. The summed E-state index contributed by atoms with van der Waals surface area (Å²) < 4.78 is 5.13. The minimum atomic E-state index is -1.22. The van der Waals surface area contributed by atoms with Gasteiger partial charge in [0, 0.05) is 5.54 Å². The van der Waals surface area contributed by atoms with Crippen molar-refractivity contribution in [2.45, 2.75) is 59.0 Å². The van der Waals surface area contributed by atoms with E-state index in [0.717, 1.165) is 11.3 Å². The van der Waals surface area contributed by atoms with Crippen LogP contribution in [0.15, 0.2) is 24.3 Å². The number of carbonyl (C=O) groups excluding carboxylic acids is 3. The van der Waals surface area contributed by atoms with Crippen LogP contribution in [0.1, 0.15) is 53.5 Å². The summed E-state index contributed by atoms with van der Waals surface area (Å²) in [6.45, 7) is 11.5. The highest BCUT2D eigenvalue weighted by Gasteiger charge is 2.49. The minimum Gasteiger partial charge on any atom is -0.497 e. The maximum absolute atomic E-state index is 13.0.